The molecule has 1 heterocycles. The summed E-state index contributed by atoms with van der Waals surface area (Å²) in [6, 6.07) is 1.72. The van der Waals surface area contributed by atoms with E-state index in [1.54, 1.807) is 6.07 Å². The van der Waals surface area contributed by atoms with Crippen LogP contribution in [0.2, 0.25) is 0 Å². The Morgan fingerprint density at radius 2 is 2.25 bits per heavy atom. The summed E-state index contributed by atoms with van der Waals surface area (Å²) in [4.78, 5) is 0.717. The number of nitrogens with one attached hydrogen (secondary N) is 1. The van der Waals surface area contributed by atoms with Crippen LogP contribution in [0.15, 0.2) is 10.3 Å². The van der Waals surface area contributed by atoms with E-state index in [1.165, 1.54) is 0 Å². The Bertz CT molecular complexity index is 474. The van der Waals surface area contributed by atoms with Crippen LogP contribution in [0.3, 0.4) is 0 Å². The molecule has 0 amide bonds. The van der Waals surface area contributed by atoms with Crippen molar-refractivity contribution in [1.29, 1.82) is 0 Å². The number of rotatable bonds is 4. The van der Waals surface area contributed by atoms with E-state index >= 15 is 0 Å². The minimum Gasteiger partial charge on any atom is -0.391 e. The molecule has 0 bridgehead atoms. The van der Waals surface area contributed by atoms with Crippen molar-refractivity contribution in [1.82, 2.24) is 4.72 Å². The van der Waals surface area contributed by atoms with Crippen molar-refractivity contribution in [3.63, 3.8) is 0 Å². The largest absolute Gasteiger partial charge is 0.391 e. The lowest BCUT2D eigenvalue weighted by molar-refractivity contribution is 0.285. The Labute approximate surface area is 99.4 Å². The Hall–Kier alpha value is -0.430. The molecule has 0 spiro atoms. The molecular weight excluding hydrogens is 246 g/mol. The molecule has 0 unspecified atom stereocenters. The number of aliphatic hydroxyl groups excluding tert-OH is 1. The van der Waals surface area contributed by atoms with E-state index in [4.69, 9.17) is 5.11 Å². The molecular formula is C10H15NO3S2. The second-order valence-electron chi connectivity index (χ2n) is 4.08. The zero-order valence-electron chi connectivity index (χ0n) is 9.06. The fraction of sp³-hybridized carbons (Fsp3) is 0.600. The smallest absolute Gasteiger partial charge is 0.250 e. The van der Waals surface area contributed by atoms with Gasteiger partial charge in [-0.05, 0) is 31.4 Å². The normalized spacial score (nSPS) is 17.4. The number of hydrogen-bond donors (Lipinski definition) is 2. The molecule has 6 heteroatoms. The second-order valence-corrected chi connectivity index (χ2v) is 7.16. The zero-order valence-corrected chi connectivity index (χ0v) is 10.7. The van der Waals surface area contributed by atoms with E-state index in [1.807, 2.05) is 6.92 Å². The van der Waals surface area contributed by atoms with Crippen LogP contribution in [-0.2, 0) is 16.6 Å². The highest BCUT2D eigenvalue weighted by Crippen LogP contribution is 2.27. The highest BCUT2D eigenvalue weighted by molar-refractivity contribution is 7.91. The number of sulfonamides is 1. The molecule has 1 aromatic rings. The molecule has 1 aliphatic rings. The predicted octanol–water partition coefficient (Wildman–Crippen LogP) is 1.38. The summed E-state index contributed by atoms with van der Waals surface area (Å²) in [7, 11) is -3.37. The molecule has 16 heavy (non-hydrogen) atoms. The lowest BCUT2D eigenvalue weighted by Gasteiger charge is -2.25. The predicted molar refractivity (Wildman–Crippen MR) is 62.9 cm³/mol. The third-order valence-electron chi connectivity index (χ3n) is 2.83. The van der Waals surface area contributed by atoms with Crippen LogP contribution in [0.25, 0.3) is 0 Å². The van der Waals surface area contributed by atoms with Gasteiger partial charge in [-0.2, -0.15) is 0 Å². The average molecular weight is 261 g/mol. The quantitative estimate of drug-likeness (QED) is 0.860. The summed E-state index contributed by atoms with van der Waals surface area (Å²) in [5.74, 6) is 0. The molecule has 0 radical (unpaired) electrons. The highest BCUT2D eigenvalue weighted by atomic mass is 32.2. The molecule has 1 saturated carbocycles. The fourth-order valence-corrected chi connectivity index (χ4v) is 4.35. The molecule has 0 saturated heterocycles. The van der Waals surface area contributed by atoms with Gasteiger partial charge in [0.1, 0.15) is 4.21 Å². The van der Waals surface area contributed by atoms with Gasteiger partial charge in [-0.25, -0.2) is 13.1 Å². The van der Waals surface area contributed by atoms with E-state index in [2.05, 4.69) is 4.72 Å². The first-order chi connectivity index (χ1) is 7.53. The van der Waals surface area contributed by atoms with Crippen LogP contribution in [-0.4, -0.2) is 19.6 Å². The molecule has 1 fully saturated rings. The van der Waals surface area contributed by atoms with Crippen molar-refractivity contribution in [3.05, 3.63) is 16.5 Å². The summed E-state index contributed by atoms with van der Waals surface area (Å²) in [5.41, 5.74) is 0.835. The molecule has 0 aromatic carbocycles. The first-order valence-corrected chi connectivity index (χ1v) is 7.55. The third kappa shape index (κ3) is 2.29. The summed E-state index contributed by atoms with van der Waals surface area (Å²) in [5, 5.41) is 9.03. The monoisotopic (exact) mass is 261 g/mol. The van der Waals surface area contributed by atoms with Gasteiger partial charge in [-0.1, -0.05) is 6.42 Å². The fourth-order valence-electron chi connectivity index (χ4n) is 1.58. The van der Waals surface area contributed by atoms with E-state index in [-0.39, 0.29) is 12.6 Å². The first-order valence-electron chi connectivity index (χ1n) is 5.25. The summed E-state index contributed by atoms with van der Waals surface area (Å²) in [6.45, 7) is 1.71. The van der Waals surface area contributed by atoms with Crippen molar-refractivity contribution in [2.24, 2.45) is 0 Å². The number of hydrogen-bond acceptors (Lipinski definition) is 4. The maximum atomic E-state index is 11.9. The Morgan fingerprint density at radius 1 is 1.56 bits per heavy atom. The lowest BCUT2D eigenvalue weighted by atomic mass is 9.94. The summed E-state index contributed by atoms with van der Waals surface area (Å²) >= 11 is 1.14. The van der Waals surface area contributed by atoms with Crippen molar-refractivity contribution in [3.8, 4) is 0 Å². The van der Waals surface area contributed by atoms with Gasteiger partial charge in [0.2, 0.25) is 10.0 Å². The molecule has 1 aromatic heterocycles. The highest BCUT2D eigenvalue weighted by Gasteiger charge is 2.26. The van der Waals surface area contributed by atoms with E-state index in [0.29, 0.717) is 9.09 Å². The van der Waals surface area contributed by atoms with Gasteiger partial charge in [0.05, 0.1) is 6.61 Å². The van der Waals surface area contributed by atoms with E-state index < -0.39 is 10.0 Å². The van der Waals surface area contributed by atoms with Gasteiger partial charge in [0.15, 0.2) is 0 Å². The van der Waals surface area contributed by atoms with Gasteiger partial charge in [0.25, 0.3) is 0 Å². The van der Waals surface area contributed by atoms with Gasteiger partial charge in [0, 0.05) is 10.9 Å². The maximum Gasteiger partial charge on any atom is 0.250 e. The molecule has 1 aliphatic carbocycles. The SMILES string of the molecule is Cc1cc(S(=O)(=O)NC2CCC2)sc1CO. The summed E-state index contributed by atoms with van der Waals surface area (Å²) < 4.78 is 26.9. The van der Waals surface area contributed by atoms with Crippen molar-refractivity contribution < 1.29 is 13.5 Å². The van der Waals surface area contributed by atoms with E-state index in [0.717, 1.165) is 36.2 Å². The topological polar surface area (TPSA) is 66.4 Å². The number of thiophene rings is 1. The van der Waals surface area contributed by atoms with Crippen LogP contribution >= 0.6 is 11.3 Å². The van der Waals surface area contributed by atoms with Crippen LogP contribution in [0.4, 0.5) is 0 Å². The Kier molecular flexibility index (Phi) is 3.34. The van der Waals surface area contributed by atoms with Crippen LogP contribution < -0.4 is 4.72 Å². The Morgan fingerprint density at radius 3 is 2.69 bits per heavy atom. The lowest BCUT2D eigenvalue weighted by Crippen LogP contribution is -2.39. The van der Waals surface area contributed by atoms with E-state index in [9.17, 15) is 8.42 Å². The minimum atomic E-state index is -3.37. The van der Waals surface area contributed by atoms with Gasteiger partial charge < -0.3 is 5.11 Å². The van der Waals surface area contributed by atoms with Gasteiger partial charge in [-0.15, -0.1) is 11.3 Å². The zero-order chi connectivity index (χ0) is 11.8. The third-order valence-corrected chi connectivity index (χ3v) is 6.05. The van der Waals surface area contributed by atoms with Crippen LogP contribution in [0, 0.1) is 6.92 Å². The van der Waals surface area contributed by atoms with Crippen LogP contribution in [0.1, 0.15) is 29.7 Å². The van der Waals surface area contributed by atoms with Crippen molar-refractivity contribution in [2.45, 2.75) is 43.0 Å². The number of aliphatic hydroxyl groups is 1. The Balaban J connectivity index is 2.20. The molecule has 90 valence electrons. The maximum absolute atomic E-state index is 11.9. The van der Waals surface area contributed by atoms with Crippen LogP contribution in [0.5, 0.6) is 0 Å². The molecule has 2 N–H and O–H groups in total. The first kappa shape index (κ1) is 12.0. The average Bonchev–Trinajstić information content (AvgIpc) is 2.54. The summed E-state index contributed by atoms with van der Waals surface area (Å²) in [6.07, 6.45) is 2.95. The molecule has 0 aliphatic heterocycles. The van der Waals surface area contributed by atoms with Crippen molar-refractivity contribution in [2.75, 3.05) is 0 Å². The molecule has 2 rings (SSSR count). The number of aryl methyl sites for hydroxylation is 1. The minimum absolute atomic E-state index is 0.102. The molecule has 4 nitrogen and oxygen atoms in total. The molecule has 0 atom stereocenters. The standard InChI is InChI=1S/C10H15NO3S2/c1-7-5-10(15-9(7)6-12)16(13,14)11-8-3-2-4-8/h5,8,11-12H,2-4,6H2,1H3. The second kappa shape index (κ2) is 4.44. The van der Waals surface area contributed by atoms with Gasteiger partial charge in [-0.3, -0.25) is 0 Å². The van der Waals surface area contributed by atoms with Crippen molar-refractivity contribution >= 4 is 21.4 Å². The van der Waals surface area contributed by atoms with Gasteiger partial charge >= 0.3 is 0 Å².